The first kappa shape index (κ1) is 29.1. The number of hydrogen-bond acceptors (Lipinski definition) is 0. The van der Waals surface area contributed by atoms with Gasteiger partial charge in [-0.3, -0.25) is 12.2 Å². The number of allylic oxidation sites excluding steroid dienone is 8. The van der Waals surface area contributed by atoms with Crippen molar-refractivity contribution in [2.75, 3.05) is 0 Å². The number of hydrogen-bond donors (Lipinski definition) is 0. The molecule has 0 heterocycles. The van der Waals surface area contributed by atoms with E-state index >= 15 is 0 Å². The molecular weight excluding hydrogens is 414 g/mol. The molecule has 2 rings (SSSR count). The average molecular weight is 449 g/mol. The van der Waals surface area contributed by atoms with E-state index in [1.54, 1.807) is 24.2 Å². The van der Waals surface area contributed by atoms with Gasteiger partial charge in [-0.2, -0.15) is 22.3 Å². The molecule has 2 unspecified atom stereocenters. The molecule has 0 nitrogen and oxygen atoms in total. The van der Waals surface area contributed by atoms with E-state index in [0.29, 0.717) is 11.8 Å². The Morgan fingerprint density at radius 2 is 0.917 bits per heavy atom. The Morgan fingerprint density at radius 3 is 0.958 bits per heavy atom. The van der Waals surface area contributed by atoms with Gasteiger partial charge < -0.3 is 0 Å². The Labute approximate surface area is 178 Å². The normalized spacial score (nSPS) is 21.5. The van der Waals surface area contributed by atoms with Gasteiger partial charge in [-0.25, -0.2) is 11.1 Å². The van der Waals surface area contributed by atoms with Crippen LogP contribution in [0, 0.1) is 24.0 Å². The SMILES string of the molecule is CC1=[C-]C(C)C(C)=C1C.CC1=[C-]C(C)C(C)=C1C.C[C](C)=[Zr+2].Cl.Cl. The topological polar surface area (TPSA) is 0 Å². The summed E-state index contributed by atoms with van der Waals surface area (Å²) in [4.78, 5) is 0. The minimum absolute atomic E-state index is 0. The zero-order chi connectivity index (χ0) is 17.6. The fraction of sp³-hybridized carbons (Fsp3) is 0.571. The molecule has 0 aromatic carbocycles. The molecule has 3 heteroatoms. The van der Waals surface area contributed by atoms with E-state index in [4.69, 9.17) is 0 Å². The maximum Gasteiger partial charge on any atom is -0.147 e. The van der Waals surface area contributed by atoms with Crippen molar-refractivity contribution in [3.63, 3.8) is 0 Å². The van der Waals surface area contributed by atoms with Gasteiger partial charge >= 0.3 is 41.3 Å². The monoisotopic (exact) mass is 446 g/mol. The molecule has 0 aromatic heterocycles. The summed E-state index contributed by atoms with van der Waals surface area (Å²) >= 11 is 1.55. The molecule has 2 aliphatic carbocycles. The van der Waals surface area contributed by atoms with Crippen molar-refractivity contribution in [3.8, 4) is 0 Å². The van der Waals surface area contributed by atoms with Crippen LogP contribution in [0.1, 0.15) is 69.2 Å². The minimum Gasteiger partial charge on any atom is -0.147 e. The molecular formula is C21H34Cl2Zr. The minimum atomic E-state index is 0. The molecule has 24 heavy (non-hydrogen) atoms. The molecule has 2 aliphatic rings. The Kier molecular flexibility index (Phi) is 16.3. The predicted octanol–water partition coefficient (Wildman–Crippen LogP) is 7.03. The van der Waals surface area contributed by atoms with Crippen LogP contribution in [0.25, 0.3) is 0 Å². The van der Waals surface area contributed by atoms with Crippen LogP contribution in [0.2, 0.25) is 0 Å². The Bertz CT molecular complexity index is 500. The molecule has 0 amide bonds. The first-order valence-corrected chi connectivity index (χ1v) is 9.29. The fourth-order valence-electron chi connectivity index (χ4n) is 2.32. The van der Waals surface area contributed by atoms with Crippen molar-refractivity contribution in [1.82, 2.24) is 0 Å². The summed E-state index contributed by atoms with van der Waals surface area (Å²) in [5, 5.41) is 0. The zero-order valence-corrected chi connectivity index (χ0v) is 21.1. The summed E-state index contributed by atoms with van der Waals surface area (Å²) in [5.74, 6) is 1.12. The average Bonchev–Trinajstić information content (AvgIpc) is 2.75. The summed E-state index contributed by atoms with van der Waals surface area (Å²) in [7, 11) is 0. The third-order valence-electron chi connectivity index (χ3n) is 4.47. The summed E-state index contributed by atoms with van der Waals surface area (Å²) in [6, 6.07) is 0. The van der Waals surface area contributed by atoms with Gasteiger partial charge in [0.25, 0.3) is 0 Å². The van der Waals surface area contributed by atoms with E-state index in [-0.39, 0.29) is 24.8 Å². The standard InChI is InChI=1S/2C9H13.C3H6.2ClH.Zr/c2*1-6-5-7(2)9(4)8(6)3;1-3-2;;;/h2*6H,1-4H3;1-2H3;2*1H;/q2*-1;;;;+2. The van der Waals surface area contributed by atoms with Gasteiger partial charge in [0.05, 0.1) is 0 Å². The molecule has 0 radical (unpaired) electrons. The predicted molar refractivity (Wildman–Crippen MR) is 111 cm³/mol. The van der Waals surface area contributed by atoms with Crippen LogP contribution in [0.5, 0.6) is 0 Å². The second-order valence-corrected chi connectivity index (χ2v) is 9.06. The quantitative estimate of drug-likeness (QED) is 0.349. The van der Waals surface area contributed by atoms with Gasteiger partial charge in [-0.1, -0.05) is 53.4 Å². The second kappa shape index (κ2) is 13.5. The van der Waals surface area contributed by atoms with Crippen LogP contribution < -0.4 is 0 Å². The van der Waals surface area contributed by atoms with E-state index < -0.39 is 0 Å². The van der Waals surface area contributed by atoms with Crippen molar-refractivity contribution >= 4 is 28.0 Å². The molecule has 2 atom stereocenters. The van der Waals surface area contributed by atoms with E-state index in [2.05, 4.69) is 81.4 Å². The van der Waals surface area contributed by atoms with Crippen LogP contribution >= 0.6 is 24.8 Å². The first-order chi connectivity index (χ1) is 9.98. The van der Waals surface area contributed by atoms with Gasteiger partial charge in [0.2, 0.25) is 0 Å². The van der Waals surface area contributed by atoms with Crippen molar-refractivity contribution < 1.29 is 24.2 Å². The Balaban J connectivity index is -0.000000283. The van der Waals surface area contributed by atoms with E-state index in [1.165, 1.54) is 36.6 Å². The molecule has 0 saturated carbocycles. The summed E-state index contributed by atoms with van der Waals surface area (Å²) in [6.45, 7) is 21.6. The van der Waals surface area contributed by atoms with Gasteiger partial charge in [0.1, 0.15) is 0 Å². The molecule has 136 valence electrons. The summed E-state index contributed by atoms with van der Waals surface area (Å²) in [6.07, 6.45) is 6.72. The van der Waals surface area contributed by atoms with Gasteiger partial charge in [-0.15, -0.1) is 38.7 Å². The fourth-order valence-corrected chi connectivity index (χ4v) is 2.32. The summed E-state index contributed by atoms with van der Waals surface area (Å²) < 4.78 is 1.51. The Morgan fingerprint density at radius 1 is 0.708 bits per heavy atom. The molecule has 0 bridgehead atoms. The molecule has 0 N–H and O–H groups in total. The van der Waals surface area contributed by atoms with Gasteiger partial charge in [0, 0.05) is 0 Å². The first-order valence-electron chi connectivity index (χ1n) is 8.06. The van der Waals surface area contributed by atoms with Crippen molar-refractivity contribution in [3.05, 3.63) is 45.6 Å². The van der Waals surface area contributed by atoms with Crippen molar-refractivity contribution in [1.29, 1.82) is 0 Å². The second-order valence-electron chi connectivity index (χ2n) is 6.60. The number of halogens is 2. The van der Waals surface area contributed by atoms with Crippen molar-refractivity contribution in [2.45, 2.75) is 69.2 Å². The van der Waals surface area contributed by atoms with E-state index in [1.807, 2.05) is 0 Å². The number of rotatable bonds is 0. The summed E-state index contributed by atoms with van der Waals surface area (Å²) in [5.41, 5.74) is 8.49. The maximum absolute atomic E-state index is 3.36. The van der Waals surface area contributed by atoms with E-state index in [0.717, 1.165) is 0 Å². The third kappa shape index (κ3) is 9.69. The smallest absolute Gasteiger partial charge is 0.147 e. The van der Waals surface area contributed by atoms with Crippen LogP contribution in [-0.2, 0) is 24.2 Å². The van der Waals surface area contributed by atoms with E-state index in [9.17, 15) is 0 Å². The van der Waals surface area contributed by atoms with Crippen LogP contribution in [0.4, 0.5) is 0 Å². The van der Waals surface area contributed by atoms with Gasteiger partial charge in [0.15, 0.2) is 0 Å². The largest absolute Gasteiger partial charge is 0.147 e. The van der Waals surface area contributed by atoms with Gasteiger partial charge in [-0.05, 0) is 0 Å². The molecule has 0 spiro atoms. The maximum atomic E-state index is 3.36. The van der Waals surface area contributed by atoms with Crippen molar-refractivity contribution in [2.24, 2.45) is 11.8 Å². The molecule has 0 saturated heterocycles. The molecule has 0 aliphatic heterocycles. The van der Waals surface area contributed by atoms with Crippen LogP contribution in [-0.4, -0.2) is 3.21 Å². The van der Waals surface area contributed by atoms with Crippen LogP contribution in [0.3, 0.4) is 0 Å². The van der Waals surface area contributed by atoms with Crippen LogP contribution in [0.15, 0.2) is 33.4 Å². The molecule has 0 aromatic rings. The third-order valence-corrected chi connectivity index (χ3v) is 4.47. The Hall–Kier alpha value is 0.293. The zero-order valence-electron chi connectivity index (χ0n) is 17.0. The molecule has 0 fully saturated rings.